The molecule has 1 atom stereocenters. The van der Waals surface area contributed by atoms with Crippen molar-refractivity contribution in [1.29, 1.82) is 0 Å². The summed E-state index contributed by atoms with van der Waals surface area (Å²) >= 11 is 5.94. The van der Waals surface area contributed by atoms with Gasteiger partial charge in [0.2, 0.25) is 11.8 Å². The third-order valence-corrected chi connectivity index (χ3v) is 5.35. The average Bonchev–Trinajstić information content (AvgIpc) is 2.79. The predicted molar refractivity (Wildman–Crippen MR) is 124 cm³/mol. The Hall–Kier alpha value is -3.18. The van der Waals surface area contributed by atoms with Gasteiger partial charge in [-0.3, -0.25) is 9.59 Å². The number of nitrogens with one attached hydrogen (secondary N) is 1. The molecule has 0 aliphatic heterocycles. The molecule has 0 unspecified atom stereocenters. The highest BCUT2D eigenvalue weighted by atomic mass is 35.5. The molecule has 0 saturated heterocycles. The average molecular weight is 453 g/mol. The number of halogens is 2. The zero-order valence-corrected chi connectivity index (χ0v) is 18.9. The second kappa shape index (κ2) is 10.9. The lowest BCUT2D eigenvalue weighted by atomic mass is 10.0. The summed E-state index contributed by atoms with van der Waals surface area (Å²) in [6, 6.07) is 21.5. The molecule has 3 aromatic rings. The Morgan fingerprint density at radius 3 is 2.09 bits per heavy atom. The van der Waals surface area contributed by atoms with Crippen LogP contribution in [0.4, 0.5) is 4.39 Å². The van der Waals surface area contributed by atoms with Gasteiger partial charge < -0.3 is 10.2 Å². The van der Waals surface area contributed by atoms with Gasteiger partial charge in [0.25, 0.3) is 0 Å². The van der Waals surface area contributed by atoms with Crippen LogP contribution in [-0.4, -0.2) is 16.7 Å². The van der Waals surface area contributed by atoms with Gasteiger partial charge in [0.1, 0.15) is 11.9 Å². The molecule has 6 heteroatoms. The summed E-state index contributed by atoms with van der Waals surface area (Å²) in [5, 5.41) is 3.57. The molecule has 2 amide bonds. The van der Waals surface area contributed by atoms with Crippen LogP contribution in [0.5, 0.6) is 0 Å². The van der Waals surface area contributed by atoms with E-state index in [4.69, 9.17) is 11.6 Å². The highest BCUT2D eigenvalue weighted by molar-refractivity contribution is 6.30. The second-order valence-electron chi connectivity index (χ2n) is 7.90. The maximum atomic E-state index is 13.4. The Labute approximate surface area is 193 Å². The van der Waals surface area contributed by atoms with E-state index in [2.05, 4.69) is 5.32 Å². The van der Waals surface area contributed by atoms with Gasteiger partial charge in [-0.05, 0) is 41.0 Å². The molecule has 0 heterocycles. The van der Waals surface area contributed by atoms with Crippen LogP contribution in [0.3, 0.4) is 0 Å². The lowest BCUT2D eigenvalue weighted by Crippen LogP contribution is -2.44. The Balaban J connectivity index is 1.92. The first-order valence-electron chi connectivity index (χ1n) is 10.5. The molecule has 0 aliphatic carbocycles. The van der Waals surface area contributed by atoms with Crippen molar-refractivity contribution in [2.45, 2.75) is 33.0 Å². The quantitative estimate of drug-likeness (QED) is 0.489. The first kappa shape index (κ1) is 23.5. The van der Waals surface area contributed by atoms with E-state index in [1.807, 2.05) is 42.5 Å². The van der Waals surface area contributed by atoms with E-state index >= 15 is 0 Å². The molecule has 0 aliphatic rings. The molecule has 32 heavy (non-hydrogen) atoms. The van der Waals surface area contributed by atoms with E-state index in [1.165, 1.54) is 12.1 Å². The highest BCUT2D eigenvalue weighted by Gasteiger charge is 2.32. The number of carbonyl (C=O) groups excluding carboxylic acids is 2. The van der Waals surface area contributed by atoms with Crippen LogP contribution in [0.25, 0.3) is 0 Å². The minimum absolute atomic E-state index is 0.162. The molecule has 1 N–H and O–H groups in total. The monoisotopic (exact) mass is 452 g/mol. The summed E-state index contributed by atoms with van der Waals surface area (Å²) in [4.78, 5) is 28.2. The summed E-state index contributed by atoms with van der Waals surface area (Å²) in [6.45, 7) is 4.09. The maximum absolute atomic E-state index is 13.4. The predicted octanol–water partition coefficient (Wildman–Crippen LogP) is 5.52. The first-order valence-corrected chi connectivity index (χ1v) is 10.8. The molecule has 0 fully saturated rings. The van der Waals surface area contributed by atoms with Crippen LogP contribution < -0.4 is 5.32 Å². The molecular weight excluding hydrogens is 427 g/mol. The van der Waals surface area contributed by atoms with Crippen molar-refractivity contribution < 1.29 is 14.0 Å². The van der Waals surface area contributed by atoms with E-state index in [0.717, 1.165) is 11.1 Å². The number of hydrogen-bond donors (Lipinski definition) is 1. The van der Waals surface area contributed by atoms with Gasteiger partial charge in [-0.1, -0.05) is 80.0 Å². The lowest BCUT2D eigenvalue weighted by molar-refractivity contribution is -0.144. The van der Waals surface area contributed by atoms with Crippen LogP contribution in [0.1, 0.15) is 36.6 Å². The molecule has 0 saturated carbocycles. The standard InChI is InChI=1S/C26H26ClFN2O2/c1-18(2)26(32)30(17-20-10-14-23(28)15-11-20)24(21-6-4-3-5-7-21)25(31)29-16-19-8-12-22(27)13-9-19/h3-15,18,24H,16-17H2,1-2H3,(H,29,31)/t24-/m0/s1. The molecule has 0 radical (unpaired) electrons. The smallest absolute Gasteiger partial charge is 0.247 e. The van der Waals surface area contributed by atoms with Crippen LogP contribution in [-0.2, 0) is 22.7 Å². The van der Waals surface area contributed by atoms with Gasteiger partial charge in [-0.25, -0.2) is 4.39 Å². The van der Waals surface area contributed by atoms with Gasteiger partial charge in [0, 0.05) is 24.0 Å². The van der Waals surface area contributed by atoms with Crippen molar-refractivity contribution >= 4 is 23.4 Å². The van der Waals surface area contributed by atoms with Crippen LogP contribution >= 0.6 is 11.6 Å². The fourth-order valence-electron chi connectivity index (χ4n) is 3.41. The Kier molecular flexibility index (Phi) is 8.01. The second-order valence-corrected chi connectivity index (χ2v) is 8.34. The molecular formula is C26H26ClFN2O2. The minimum atomic E-state index is -0.830. The van der Waals surface area contributed by atoms with E-state index in [9.17, 15) is 14.0 Å². The number of nitrogens with zero attached hydrogens (tertiary/aromatic N) is 1. The Morgan fingerprint density at radius 1 is 0.906 bits per heavy atom. The van der Waals surface area contributed by atoms with Crippen molar-refractivity contribution in [2.24, 2.45) is 5.92 Å². The maximum Gasteiger partial charge on any atom is 0.247 e. The van der Waals surface area contributed by atoms with E-state index < -0.39 is 6.04 Å². The Bertz CT molecular complexity index is 1040. The number of carbonyl (C=O) groups is 2. The van der Waals surface area contributed by atoms with Crippen molar-refractivity contribution in [3.63, 3.8) is 0 Å². The normalized spacial score (nSPS) is 11.8. The minimum Gasteiger partial charge on any atom is -0.350 e. The van der Waals surface area contributed by atoms with Gasteiger partial charge in [-0.15, -0.1) is 0 Å². The van der Waals surface area contributed by atoms with Crippen molar-refractivity contribution in [3.05, 3.63) is 106 Å². The fraction of sp³-hybridized carbons (Fsp3) is 0.231. The van der Waals surface area contributed by atoms with Crippen LogP contribution in [0.15, 0.2) is 78.9 Å². The van der Waals surface area contributed by atoms with Gasteiger partial charge >= 0.3 is 0 Å². The third-order valence-electron chi connectivity index (χ3n) is 5.10. The SMILES string of the molecule is CC(C)C(=O)N(Cc1ccc(F)cc1)[C@H](C(=O)NCc1ccc(Cl)cc1)c1ccccc1. The summed E-state index contributed by atoms with van der Waals surface area (Å²) < 4.78 is 13.4. The van der Waals surface area contributed by atoms with Gasteiger partial charge in [-0.2, -0.15) is 0 Å². The Morgan fingerprint density at radius 2 is 1.50 bits per heavy atom. The summed E-state index contributed by atoms with van der Waals surface area (Å²) in [7, 11) is 0. The highest BCUT2D eigenvalue weighted by Crippen LogP contribution is 2.26. The molecule has 166 valence electrons. The number of benzene rings is 3. The summed E-state index contributed by atoms with van der Waals surface area (Å²) in [6.07, 6.45) is 0. The number of rotatable bonds is 8. The number of amides is 2. The van der Waals surface area contributed by atoms with Crippen molar-refractivity contribution in [1.82, 2.24) is 10.2 Å². The topological polar surface area (TPSA) is 49.4 Å². The van der Waals surface area contributed by atoms with Crippen LogP contribution in [0.2, 0.25) is 5.02 Å². The molecule has 4 nitrogen and oxygen atoms in total. The molecule has 3 rings (SSSR count). The molecule has 3 aromatic carbocycles. The van der Waals surface area contributed by atoms with E-state index in [0.29, 0.717) is 17.1 Å². The first-order chi connectivity index (χ1) is 15.3. The zero-order valence-electron chi connectivity index (χ0n) is 18.1. The number of hydrogen-bond acceptors (Lipinski definition) is 2. The molecule has 0 bridgehead atoms. The van der Waals surface area contributed by atoms with Crippen molar-refractivity contribution in [3.8, 4) is 0 Å². The largest absolute Gasteiger partial charge is 0.350 e. The van der Waals surface area contributed by atoms with Gasteiger partial charge in [0.15, 0.2) is 0 Å². The van der Waals surface area contributed by atoms with Gasteiger partial charge in [0.05, 0.1) is 0 Å². The molecule has 0 spiro atoms. The van der Waals surface area contributed by atoms with Crippen molar-refractivity contribution in [2.75, 3.05) is 0 Å². The van der Waals surface area contributed by atoms with E-state index in [1.54, 1.807) is 43.0 Å². The zero-order chi connectivity index (χ0) is 23.1. The molecule has 0 aromatic heterocycles. The lowest BCUT2D eigenvalue weighted by Gasteiger charge is -2.33. The van der Waals surface area contributed by atoms with Crippen LogP contribution in [0, 0.1) is 11.7 Å². The summed E-state index contributed by atoms with van der Waals surface area (Å²) in [5.41, 5.74) is 2.35. The van der Waals surface area contributed by atoms with E-state index in [-0.39, 0.29) is 30.1 Å². The fourth-order valence-corrected chi connectivity index (χ4v) is 3.54. The third kappa shape index (κ3) is 6.17. The summed E-state index contributed by atoms with van der Waals surface area (Å²) in [5.74, 6) is -1.12.